The first-order chi connectivity index (χ1) is 16.9. The van der Waals surface area contributed by atoms with Crippen LogP contribution in [0, 0.1) is 12.7 Å². The third kappa shape index (κ3) is 4.92. The van der Waals surface area contributed by atoms with Gasteiger partial charge in [-0.3, -0.25) is 4.79 Å². The van der Waals surface area contributed by atoms with Gasteiger partial charge in [0.25, 0.3) is 10.0 Å². The second-order valence-electron chi connectivity index (χ2n) is 8.01. The van der Waals surface area contributed by atoms with Gasteiger partial charge in [0.05, 0.1) is 5.52 Å². The second-order valence-corrected chi connectivity index (χ2v) is 9.76. The molecule has 4 rings (SSSR count). The fraction of sp³-hybridized carbons (Fsp3) is 0.160. The summed E-state index contributed by atoms with van der Waals surface area (Å²) in [6.07, 6.45) is -4.56. The molecule has 0 aliphatic rings. The van der Waals surface area contributed by atoms with Gasteiger partial charge < -0.3 is 9.84 Å². The van der Waals surface area contributed by atoms with Gasteiger partial charge in [-0.2, -0.15) is 0 Å². The number of hydrogen-bond acceptors (Lipinski definition) is 4. The molecule has 188 valence electrons. The molecular formula is C25H19F4NO5S. The summed E-state index contributed by atoms with van der Waals surface area (Å²) in [7, 11) is -4.78. The topological polar surface area (TPSA) is 85.6 Å². The van der Waals surface area contributed by atoms with Crippen molar-refractivity contribution in [1.82, 2.24) is 3.97 Å². The first-order valence-corrected chi connectivity index (χ1v) is 12.0. The molecule has 0 amide bonds. The van der Waals surface area contributed by atoms with Gasteiger partial charge in [0.15, 0.2) is 5.75 Å². The molecule has 0 unspecified atom stereocenters. The first kappa shape index (κ1) is 25.2. The maximum atomic E-state index is 14.0. The van der Waals surface area contributed by atoms with Crippen molar-refractivity contribution in [3.63, 3.8) is 0 Å². The van der Waals surface area contributed by atoms with E-state index >= 15 is 0 Å². The SMILES string of the molecule is Cc1ccc(-c2ccccc2)c(S(=O)(=O)n2cc(CCC(=O)O)c3cc(F)ccc32)c1OC(F)(F)F. The minimum absolute atomic E-state index is 0.0183. The van der Waals surface area contributed by atoms with E-state index in [0.717, 1.165) is 22.3 Å². The molecule has 0 aliphatic carbocycles. The van der Waals surface area contributed by atoms with Crippen LogP contribution >= 0.6 is 0 Å². The number of aryl methyl sites for hydroxylation is 2. The molecule has 0 saturated heterocycles. The van der Waals surface area contributed by atoms with Gasteiger partial charge in [-0.1, -0.05) is 42.5 Å². The van der Waals surface area contributed by atoms with E-state index in [1.54, 1.807) is 30.3 Å². The molecule has 0 radical (unpaired) electrons. The number of nitrogens with zero attached hydrogens (tertiary/aromatic N) is 1. The van der Waals surface area contributed by atoms with E-state index in [-0.39, 0.29) is 40.4 Å². The molecule has 36 heavy (non-hydrogen) atoms. The maximum absolute atomic E-state index is 14.0. The molecule has 0 atom stereocenters. The first-order valence-electron chi connectivity index (χ1n) is 10.6. The van der Waals surface area contributed by atoms with Crippen molar-refractivity contribution >= 4 is 26.9 Å². The Kier molecular flexibility index (Phi) is 6.52. The van der Waals surface area contributed by atoms with Crippen molar-refractivity contribution in [1.29, 1.82) is 0 Å². The van der Waals surface area contributed by atoms with Gasteiger partial charge in [0.2, 0.25) is 0 Å². The lowest BCUT2D eigenvalue weighted by Crippen LogP contribution is -2.22. The van der Waals surface area contributed by atoms with Crippen molar-refractivity contribution in [2.75, 3.05) is 0 Å². The molecule has 0 bridgehead atoms. The molecule has 11 heteroatoms. The zero-order valence-corrected chi connectivity index (χ0v) is 19.5. The van der Waals surface area contributed by atoms with Crippen LogP contribution in [-0.4, -0.2) is 29.8 Å². The monoisotopic (exact) mass is 521 g/mol. The maximum Gasteiger partial charge on any atom is 0.573 e. The number of benzene rings is 3. The highest BCUT2D eigenvalue weighted by molar-refractivity contribution is 7.90. The van der Waals surface area contributed by atoms with E-state index in [0.29, 0.717) is 5.56 Å². The van der Waals surface area contributed by atoms with Gasteiger partial charge in [-0.15, -0.1) is 13.2 Å². The number of ether oxygens (including phenoxy) is 1. The minimum atomic E-state index is -5.18. The molecule has 0 saturated carbocycles. The average Bonchev–Trinajstić information content (AvgIpc) is 3.17. The summed E-state index contributed by atoms with van der Waals surface area (Å²) in [6.45, 7) is 1.29. The quantitative estimate of drug-likeness (QED) is 0.306. The summed E-state index contributed by atoms with van der Waals surface area (Å²) in [5, 5.41) is 9.19. The van der Waals surface area contributed by atoms with E-state index in [1.807, 2.05) is 0 Å². The number of hydrogen-bond donors (Lipinski definition) is 1. The minimum Gasteiger partial charge on any atom is -0.481 e. The number of aliphatic carboxylic acids is 1. The molecule has 4 aromatic rings. The highest BCUT2D eigenvalue weighted by Gasteiger charge is 2.37. The normalized spacial score (nSPS) is 12.1. The summed E-state index contributed by atoms with van der Waals surface area (Å²) in [4.78, 5) is 10.4. The molecule has 1 aromatic heterocycles. The highest BCUT2D eigenvalue weighted by atomic mass is 32.2. The van der Waals surface area contributed by atoms with Crippen LogP contribution in [0.4, 0.5) is 17.6 Å². The summed E-state index contributed by atoms with van der Waals surface area (Å²) in [6, 6.07) is 13.9. The molecule has 3 aromatic carbocycles. The summed E-state index contributed by atoms with van der Waals surface area (Å²) in [5.74, 6) is -2.73. The largest absolute Gasteiger partial charge is 0.573 e. The Morgan fingerprint density at radius 1 is 1.06 bits per heavy atom. The molecule has 0 spiro atoms. The third-order valence-electron chi connectivity index (χ3n) is 5.55. The van der Waals surface area contributed by atoms with E-state index in [1.165, 1.54) is 25.1 Å². The van der Waals surface area contributed by atoms with Gasteiger partial charge in [-0.25, -0.2) is 16.8 Å². The Hall–Kier alpha value is -3.86. The predicted octanol–water partition coefficient (Wildman–Crippen LogP) is 5.91. The van der Waals surface area contributed by atoms with Crippen LogP contribution in [0.2, 0.25) is 0 Å². The summed E-state index contributed by atoms with van der Waals surface area (Å²) in [5.41, 5.74) is 0.422. The van der Waals surface area contributed by atoms with E-state index in [4.69, 9.17) is 5.11 Å². The third-order valence-corrected chi connectivity index (χ3v) is 7.29. The van der Waals surface area contributed by atoms with Gasteiger partial charge in [0, 0.05) is 23.6 Å². The average molecular weight is 521 g/mol. The lowest BCUT2D eigenvalue weighted by Gasteiger charge is -2.20. The van der Waals surface area contributed by atoms with E-state index in [2.05, 4.69) is 4.74 Å². The fourth-order valence-electron chi connectivity index (χ4n) is 3.98. The summed E-state index contributed by atoms with van der Waals surface area (Å²) < 4.78 is 87.2. The molecule has 1 N–H and O–H groups in total. The fourth-order valence-corrected chi connectivity index (χ4v) is 5.76. The number of aromatic nitrogens is 1. The number of alkyl halides is 3. The smallest absolute Gasteiger partial charge is 0.481 e. The van der Waals surface area contributed by atoms with E-state index < -0.39 is 38.8 Å². The van der Waals surface area contributed by atoms with Gasteiger partial charge in [0.1, 0.15) is 10.7 Å². The van der Waals surface area contributed by atoms with Crippen molar-refractivity contribution in [3.05, 3.63) is 83.8 Å². The van der Waals surface area contributed by atoms with E-state index in [9.17, 15) is 30.8 Å². The van der Waals surface area contributed by atoms with Crippen LogP contribution in [0.3, 0.4) is 0 Å². The van der Waals surface area contributed by atoms with Crippen molar-refractivity contribution < 1.29 is 40.6 Å². The molecule has 1 heterocycles. The second kappa shape index (κ2) is 9.30. The Morgan fingerprint density at radius 3 is 2.39 bits per heavy atom. The Bertz CT molecular complexity index is 1560. The van der Waals surface area contributed by atoms with Crippen LogP contribution in [0.25, 0.3) is 22.0 Å². The predicted molar refractivity (Wildman–Crippen MR) is 124 cm³/mol. The van der Waals surface area contributed by atoms with Crippen molar-refractivity contribution in [2.45, 2.75) is 31.0 Å². The number of fused-ring (bicyclic) bond motifs is 1. The molecule has 6 nitrogen and oxygen atoms in total. The van der Waals surface area contributed by atoms with Crippen LogP contribution in [0.5, 0.6) is 5.75 Å². The lowest BCUT2D eigenvalue weighted by atomic mass is 10.0. The molecule has 0 fully saturated rings. The number of carboxylic acids is 1. The Balaban J connectivity index is 2.05. The number of halogens is 4. The van der Waals surface area contributed by atoms with Gasteiger partial charge in [-0.05, 0) is 48.2 Å². The van der Waals surface area contributed by atoms with Crippen LogP contribution in [-0.2, 0) is 21.2 Å². The van der Waals surface area contributed by atoms with Crippen molar-refractivity contribution in [3.8, 4) is 16.9 Å². The van der Waals surface area contributed by atoms with Crippen LogP contribution < -0.4 is 4.74 Å². The molecule has 0 aliphatic heterocycles. The lowest BCUT2D eigenvalue weighted by molar-refractivity contribution is -0.275. The highest BCUT2D eigenvalue weighted by Crippen LogP contribution is 2.42. The summed E-state index contributed by atoms with van der Waals surface area (Å²) >= 11 is 0. The standard InChI is InChI=1S/C25H19F4NO5S/c1-15-7-10-19(16-5-3-2-4-6-16)24(23(15)35-25(27,28)29)36(33,34)30-14-17(8-12-22(31)32)20-13-18(26)9-11-21(20)30/h2-7,9-11,13-14H,8,12H2,1H3,(H,31,32). The Labute approximate surface area is 203 Å². The molecular weight excluding hydrogens is 502 g/mol. The van der Waals surface area contributed by atoms with Crippen LogP contribution in [0.15, 0.2) is 71.8 Å². The zero-order valence-electron chi connectivity index (χ0n) is 18.7. The Morgan fingerprint density at radius 2 is 1.75 bits per heavy atom. The van der Waals surface area contributed by atoms with Gasteiger partial charge >= 0.3 is 12.3 Å². The number of carboxylic acid groups (broad SMARTS) is 1. The van der Waals surface area contributed by atoms with Crippen molar-refractivity contribution in [2.24, 2.45) is 0 Å². The number of rotatable bonds is 7. The van der Waals surface area contributed by atoms with Crippen LogP contribution in [0.1, 0.15) is 17.5 Å². The zero-order chi connectivity index (χ0) is 26.3. The number of carbonyl (C=O) groups is 1.